The lowest BCUT2D eigenvalue weighted by atomic mass is 10.00. The highest BCUT2D eigenvalue weighted by atomic mass is 16.1. The third-order valence-electron chi connectivity index (χ3n) is 3.56. The monoisotopic (exact) mass is 277 g/mol. The maximum absolute atomic E-state index is 12.0. The van der Waals surface area contributed by atoms with Crippen LogP contribution in [0.15, 0.2) is 48.5 Å². The van der Waals surface area contributed by atoms with Crippen molar-refractivity contribution >= 4 is 5.78 Å². The van der Waals surface area contributed by atoms with Crippen LogP contribution in [0.25, 0.3) is 11.1 Å². The zero-order chi connectivity index (χ0) is 15.1. The number of nitrogens with zero attached hydrogens (tertiary/aromatic N) is 1. The molecule has 2 aromatic rings. The second kappa shape index (κ2) is 7.40. The van der Waals surface area contributed by atoms with Crippen LogP contribution in [-0.4, -0.2) is 5.78 Å². The zero-order valence-electron chi connectivity index (χ0n) is 12.3. The van der Waals surface area contributed by atoms with E-state index in [4.69, 9.17) is 5.26 Å². The lowest BCUT2D eigenvalue weighted by molar-refractivity contribution is 0.0979. The van der Waals surface area contributed by atoms with Crippen LogP contribution in [0.1, 0.15) is 48.5 Å². The summed E-state index contributed by atoms with van der Waals surface area (Å²) < 4.78 is 0. The summed E-state index contributed by atoms with van der Waals surface area (Å²) in [7, 11) is 0. The molecule has 0 saturated heterocycles. The van der Waals surface area contributed by atoms with E-state index >= 15 is 0 Å². The van der Waals surface area contributed by atoms with Crippen molar-refractivity contribution in [3.05, 3.63) is 59.7 Å². The van der Waals surface area contributed by atoms with Gasteiger partial charge in [0.15, 0.2) is 5.78 Å². The minimum atomic E-state index is 0.217. The second-order valence-corrected chi connectivity index (χ2v) is 5.15. The van der Waals surface area contributed by atoms with Gasteiger partial charge in [0.25, 0.3) is 0 Å². The van der Waals surface area contributed by atoms with Crippen molar-refractivity contribution < 1.29 is 4.79 Å². The number of unbranched alkanes of at least 4 members (excludes halogenated alkanes) is 2. The molecule has 0 saturated carbocycles. The van der Waals surface area contributed by atoms with Gasteiger partial charge in [0, 0.05) is 12.0 Å². The van der Waals surface area contributed by atoms with Gasteiger partial charge in [-0.15, -0.1) is 0 Å². The second-order valence-electron chi connectivity index (χ2n) is 5.15. The smallest absolute Gasteiger partial charge is 0.162 e. The average Bonchev–Trinajstić information content (AvgIpc) is 2.55. The van der Waals surface area contributed by atoms with E-state index < -0.39 is 0 Å². The van der Waals surface area contributed by atoms with Crippen molar-refractivity contribution in [2.75, 3.05) is 0 Å². The molecule has 0 aliphatic rings. The first-order chi connectivity index (χ1) is 10.2. The molecule has 0 N–H and O–H groups in total. The predicted molar refractivity (Wildman–Crippen MR) is 85.1 cm³/mol. The Labute approximate surface area is 126 Å². The molecule has 0 aliphatic carbocycles. The molecule has 0 amide bonds. The number of carbonyl (C=O) groups is 1. The number of Topliss-reactive ketones (excluding diaryl/α,β-unsaturated/α-hetero) is 1. The zero-order valence-corrected chi connectivity index (χ0v) is 12.3. The molecule has 0 fully saturated rings. The minimum absolute atomic E-state index is 0.217. The van der Waals surface area contributed by atoms with Crippen molar-refractivity contribution in [3.63, 3.8) is 0 Å². The molecule has 0 atom stereocenters. The number of hydrogen-bond donors (Lipinski definition) is 0. The van der Waals surface area contributed by atoms with Gasteiger partial charge in [-0.2, -0.15) is 5.26 Å². The Morgan fingerprint density at radius 2 is 1.52 bits per heavy atom. The van der Waals surface area contributed by atoms with E-state index in [0.717, 1.165) is 36.0 Å². The van der Waals surface area contributed by atoms with Crippen LogP contribution in [0.5, 0.6) is 0 Å². The Morgan fingerprint density at radius 1 is 0.952 bits per heavy atom. The fourth-order valence-electron chi connectivity index (χ4n) is 2.27. The van der Waals surface area contributed by atoms with Crippen molar-refractivity contribution in [3.8, 4) is 17.2 Å². The fourth-order valence-corrected chi connectivity index (χ4v) is 2.27. The Balaban J connectivity index is 2.07. The summed E-state index contributed by atoms with van der Waals surface area (Å²) in [5.74, 6) is 0.217. The molecule has 2 aromatic carbocycles. The first kappa shape index (κ1) is 15.0. The molecule has 106 valence electrons. The molecular weight excluding hydrogens is 258 g/mol. The van der Waals surface area contributed by atoms with Gasteiger partial charge >= 0.3 is 0 Å². The standard InChI is InChI=1S/C19H19NO/c1-2-3-4-5-19(21)18-12-10-17(11-13-18)16-8-6-15(14-20)7-9-16/h6-13H,2-5H2,1H3. The number of rotatable bonds is 6. The highest BCUT2D eigenvalue weighted by Gasteiger charge is 2.06. The van der Waals surface area contributed by atoms with Gasteiger partial charge in [-0.05, 0) is 29.7 Å². The van der Waals surface area contributed by atoms with Crippen molar-refractivity contribution in [1.29, 1.82) is 5.26 Å². The third kappa shape index (κ3) is 4.03. The number of nitriles is 1. The van der Waals surface area contributed by atoms with E-state index in [1.54, 1.807) is 12.1 Å². The molecule has 21 heavy (non-hydrogen) atoms. The van der Waals surface area contributed by atoms with E-state index in [-0.39, 0.29) is 5.78 Å². The van der Waals surface area contributed by atoms with E-state index in [0.29, 0.717) is 12.0 Å². The molecule has 0 aromatic heterocycles. The summed E-state index contributed by atoms with van der Waals surface area (Å²) in [4.78, 5) is 12.0. The molecule has 0 spiro atoms. The number of carbonyl (C=O) groups excluding carboxylic acids is 1. The van der Waals surface area contributed by atoms with Gasteiger partial charge in [0.1, 0.15) is 0 Å². The van der Waals surface area contributed by atoms with Gasteiger partial charge in [0.05, 0.1) is 11.6 Å². The van der Waals surface area contributed by atoms with Crippen LogP contribution < -0.4 is 0 Å². The Bertz CT molecular complexity index is 633. The predicted octanol–water partition coefficient (Wildman–Crippen LogP) is 4.99. The van der Waals surface area contributed by atoms with Crippen LogP contribution in [0.4, 0.5) is 0 Å². The number of hydrogen-bond acceptors (Lipinski definition) is 2. The van der Waals surface area contributed by atoms with Crippen molar-refractivity contribution in [2.24, 2.45) is 0 Å². The van der Waals surface area contributed by atoms with Gasteiger partial charge < -0.3 is 0 Å². The lowest BCUT2D eigenvalue weighted by Gasteiger charge is -2.04. The maximum Gasteiger partial charge on any atom is 0.162 e. The number of benzene rings is 2. The van der Waals surface area contributed by atoms with Gasteiger partial charge in [0.2, 0.25) is 0 Å². The van der Waals surface area contributed by atoms with Crippen LogP contribution in [0.2, 0.25) is 0 Å². The summed E-state index contributed by atoms with van der Waals surface area (Å²) in [6.07, 6.45) is 3.83. The fraction of sp³-hybridized carbons (Fsp3) is 0.263. The topological polar surface area (TPSA) is 40.9 Å². The normalized spacial score (nSPS) is 10.1. The third-order valence-corrected chi connectivity index (χ3v) is 3.56. The summed E-state index contributed by atoms with van der Waals surface area (Å²) in [6, 6.07) is 17.3. The Kier molecular flexibility index (Phi) is 5.29. The van der Waals surface area contributed by atoms with Gasteiger partial charge in [-0.1, -0.05) is 56.2 Å². The highest BCUT2D eigenvalue weighted by Crippen LogP contribution is 2.21. The molecule has 0 aliphatic heterocycles. The molecule has 0 heterocycles. The molecule has 0 bridgehead atoms. The molecular formula is C19H19NO. The number of ketones is 1. The summed E-state index contributed by atoms with van der Waals surface area (Å²) in [5.41, 5.74) is 3.55. The molecule has 2 nitrogen and oxygen atoms in total. The van der Waals surface area contributed by atoms with Crippen molar-refractivity contribution in [2.45, 2.75) is 32.6 Å². The quantitative estimate of drug-likeness (QED) is 0.551. The van der Waals surface area contributed by atoms with Gasteiger partial charge in [-0.3, -0.25) is 4.79 Å². The van der Waals surface area contributed by atoms with Crippen molar-refractivity contribution in [1.82, 2.24) is 0 Å². The van der Waals surface area contributed by atoms with E-state index in [1.165, 1.54) is 0 Å². The summed E-state index contributed by atoms with van der Waals surface area (Å²) >= 11 is 0. The lowest BCUT2D eigenvalue weighted by Crippen LogP contribution is -1.98. The minimum Gasteiger partial charge on any atom is -0.294 e. The highest BCUT2D eigenvalue weighted by molar-refractivity contribution is 5.96. The Morgan fingerprint density at radius 3 is 2.05 bits per heavy atom. The molecule has 2 rings (SSSR count). The van der Waals surface area contributed by atoms with Crippen LogP contribution in [0, 0.1) is 11.3 Å². The van der Waals surface area contributed by atoms with E-state index in [2.05, 4.69) is 13.0 Å². The van der Waals surface area contributed by atoms with Crippen LogP contribution in [0.3, 0.4) is 0 Å². The first-order valence-electron chi connectivity index (χ1n) is 7.38. The average molecular weight is 277 g/mol. The SMILES string of the molecule is CCCCCC(=O)c1ccc(-c2ccc(C#N)cc2)cc1. The van der Waals surface area contributed by atoms with E-state index in [9.17, 15) is 4.79 Å². The first-order valence-corrected chi connectivity index (χ1v) is 7.38. The molecule has 0 radical (unpaired) electrons. The summed E-state index contributed by atoms with van der Waals surface area (Å²) in [5, 5.41) is 8.80. The Hall–Kier alpha value is -2.40. The van der Waals surface area contributed by atoms with E-state index in [1.807, 2.05) is 36.4 Å². The summed E-state index contributed by atoms with van der Waals surface area (Å²) in [6.45, 7) is 2.14. The van der Waals surface area contributed by atoms with Gasteiger partial charge in [-0.25, -0.2) is 0 Å². The molecule has 2 heteroatoms. The van der Waals surface area contributed by atoms with Crippen LogP contribution in [-0.2, 0) is 0 Å². The molecule has 0 unspecified atom stereocenters. The van der Waals surface area contributed by atoms with Crippen LogP contribution >= 0.6 is 0 Å². The largest absolute Gasteiger partial charge is 0.294 e. The maximum atomic E-state index is 12.0.